The fourth-order valence-corrected chi connectivity index (χ4v) is 1.30. The van der Waals surface area contributed by atoms with E-state index in [0.717, 1.165) is 6.42 Å². The third kappa shape index (κ3) is 0.743. The second-order valence-corrected chi connectivity index (χ2v) is 2.89. The fraction of sp³-hybridized carbons (Fsp3) is 0.571. The maximum atomic E-state index is 5.69. The molecule has 0 saturated heterocycles. The molecule has 10 heavy (non-hydrogen) atoms. The lowest BCUT2D eigenvalue weighted by molar-refractivity contribution is 0.707. The quantitative estimate of drug-likeness (QED) is 0.602. The molecule has 1 aliphatic rings. The molecule has 3 nitrogen and oxygen atoms in total. The van der Waals surface area contributed by atoms with E-state index >= 15 is 0 Å². The van der Waals surface area contributed by atoms with E-state index < -0.39 is 0 Å². The van der Waals surface area contributed by atoms with Gasteiger partial charge < -0.3 is 5.73 Å². The molecule has 1 saturated carbocycles. The van der Waals surface area contributed by atoms with Gasteiger partial charge in [-0.05, 0) is 12.5 Å². The Morgan fingerprint density at radius 3 is 2.90 bits per heavy atom. The minimum absolute atomic E-state index is 0.385. The highest BCUT2D eigenvalue weighted by molar-refractivity contribution is 5.19. The smallest absolute Gasteiger partial charge is 0.0492 e. The van der Waals surface area contributed by atoms with E-state index in [4.69, 9.17) is 5.73 Å². The van der Waals surface area contributed by atoms with Gasteiger partial charge in [0, 0.05) is 30.9 Å². The predicted molar refractivity (Wildman–Crippen MR) is 38.5 cm³/mol. The van der Waals surface area contributed by atoms with E-state index in [2.05, 4.69) is 5.10 Å². The third-order valence-electron chi connectivity index (χ3n) is 2.08. The summed E-state index contributed by atoms with van der Waals surface area (Å²) in [6, 6.07) is 2.42. The lowest BCUT2D eigenvalue weighted by Crippen LogP contribution is -2.04. The molecule has 1 fully saturated rings. The summed E-state index contributed by atoms with van der Waals surface area (Å²) in [5.41, 5.74) is 6.96. The number of aryl methyl sites for hydroxylation is 1. The van der Waals surface area contributed by atoms with Gasteiger partial charge in [-0.1, -0.05) is 0 Å². The molecule has 1 aliphatic carbocycles. The van der Waals surface area contributed by atoms with Gasteiger partial charge in [-0.15, -0.1) is 0 Å². The van der Waals surface area contributed by atoms with Gasteiger partial charge in [-0.25, -0.2) is 0 Å². The normalized spacial score (nSPS) is 30.6. The molecule has 0 bridgehead atoms. The van der Waals surface area contributed by atoms with Crippen LogP contribution in [-0.2, 0) is 7.05 Å². The number of nitrogens with zero attached hydrogens (tertiary/aromatic N) is 2. The maximum Gasteiger partial charge on any atom is 0.0492 e. The van der Waals surface area contributed by atoms with Gasteiger partial charge in [-0.3, -0.25) is 4.68 Å². The van der Waals surface area contributed by atoms with E-state index in [1.807, 2.05) is 24.0 Å². The van der Waals surface area contributed by atoms with Crippen LogP contribution in [0, 0.1) is 0 Å². The molecule has 0 amide bonds. The first-order valence-corrected chi connectivity index (χ1v) is 3.52. The van der Waals surface area contributed by atoms with E-state index in [1.165, 1.54) is 5.69 Å². The van der Waals surface area contributed by atoms with Crippen molar-refractivity contribution in [2.75, 3.05) is 0 Å². The molecule has 0 aliphatic heterocycles. The first kappa shape index (κ1) is 5.92. The lowest BCUT2D eigenvalue weighted by atomic mass is 10.3. The molecule has 1 aromatic rings. The topological polar surface area (TPSA) is 43.8 Å². The Balaban J connectivity index is 2.26. The SMILES string of the molecule is Cn1nccc1C1CC1N. The second-order valence-electron chi connectivity index (χ2n) is 2.89. The van der Waals surface area contributed by atoms with Crippen LogP contribution in [0.4, 0.5) is 0 Å². The fourth-order valence-electron chi connectivity index (χ4n) is 1.30. The number of aromatic nitrogens is 2. The summed E-state index contributed by atoms with van der Waals surface area (Å²) in [4.78, 5) is 0. The monoisotopic (exact) mass is 137 g/mol. The first-order chi connectivity index (χ1) is 4.79. The van der Waals surface area contributed by atoms with Crippen molar-refractivity contribution in [1.82, 2.24) is 9.78 Å². The van der Waals surface area contributed by atoms with Crippen LogP contribution in [0.15, 0.2) is 12.3 Å². The van der Waals surface area contributed by atoms with Gasteiger partial charge >= 0.3 is 0 Å². The van der Waals surface area contributed by atoms with Crippen molar-refractivity contribution in [1.29, 1.82) is 0 Å². The van der Waals surface area contributed by atoms with Gasteiger partial charge in [0.25, 0.3) is 0 Å². The average molecular weight is 137 g/mol. The summed E-state index contributed by atoms with van der Waals surface area (Å²) in [6.07, 6.45) is 2.94. The molecule has 3 heteroatoms. The average Bonchev–Trinajstić information content (AvgIpc) is 2.42. The Bertz CT molecular complexity index is 241. The lowest BCUT2D eigenvalue weighted by Gasteiger charge is -1.96. The van der Waals surface area contributed by atoms with Gasteiger partial charge in [-0.2, -0.15) is 5.10 Å². The van der Waals surface area contributed by atoms with Crippen LogP contribution < -0.4 is 5.73 Å². The summed E-state index contributed by atoms with van der Waals surface area (Å²) in [7, 11) is 1.96. The van der Waals surface area contributed by atoms with Crippen LogP contribution in [0.1, 0.15) is 18.0 Å². The van der Waals surface area contributed by atoms with Crippen LogP contribution in [0.5, 0.6) is 0 Å². The van der Waals surface area contributed by atoms with E-state index in [9.17, 15) is 0 Å². The Hall–Kier alpha value is -0.830. The van der Waals surface area contributed by atoms with Crippen molar-refractivity contribution in [2.45, 2.75) is 18.4 Å². The molecule has 2 rings (SSSR count). The van der Waals surface area contributed by atoms with Crippen molar-refractivity contribution in [3.05, 3.63) is 18.0 Å². The zero-order valence-corrected chi connectivity index (χ0v) is 5.99. The Kier molecular flexibility index (Phi) is 1.08. The molecule has 2 atom stereocenters. The summed E-state index contributed by atoms with van der Waals surface area (Å²) >= 11 is 0. The minimum atomic E-state index is 0.385. The standard InChI is InChI=1S/C7H11N3/c1-10-7(2-3-9-10)5-4-6(5)8/h2-3,5-6H,4,8H2,1H3. The Labute approximate surface area is 59.8 Å². The van der Waals surface area contributed by atoms with E-state index in [1.54, 1.807) is 0 Å². The zero-order valence-electron chi connectivity index (χ0n) is 5.99. The highest BCUT2D eigenvalue weighted by Crippen LogP contribution is 2.38. The van der Waals surface area contributed by atoms with Crippen molar-refractivity contribution >= 4 is 0 Å². The summed E-state index contributed by atoms with van der Waals surface area (Å²) in [5.74, 6) is 0.576. The molecule has 2 unspecified atom stereocenters. The molecular formula is C7H11N3. The van der Waals surface area contributed by atoms with Gasteiger partial charge in [0.05, 0.1) is 0 Å². The Morgan fingerprint density at radius 1 is 1.80 bits per heavy atom. The van der Waals surface area contributed by atoms with Gasteiger partial charge in [0.15, 0.2) is 0 Å². The van der Waals surface area contributed by atoms with Crippen LogP contribution in [0.2, 0.25) is 0 Å². The number of hydrogen-bond donors (Lipinski definition) is 1. The molecule has 0 spiro atoms. The van der Waals surface area contributed by atoms with E-state index in [0.29, 0.717) is 12.0 Å². The molecule has 54 valence electrons. The molecular weight excluding hydrogens is 126 g/mol. The summed E-state index contributed by atoms with van der Waals surface area (Å²) < 4.78 is 1.90. The van der Waals surface area contributed by atoms with Crippen molar-refractivity contribution < 1.29 is 0 Å². The summed E-state index contributed by atoms with van der Waals surface area (Å²) in [6.45, 7) is 0. The molecule has 0 radical (unpaired) electrons. The molecule has 1 heterocycles. The van der Waals surface area contributed by atoms with E-state index in [-0.39, 0.29) is 0 Å². The highest BCUT2D eigenvalue weighted by Gasteiger charge is 2.36. The predicted octanol–water partition coefficient (Wildman–Crippen LogP) is 0.235. The van der Waals surface area contributed by atoms with Crippen LogP contribution in [0.3, 0.4) is 0 Å². The van der Waals surface area contributed by atoms with Crippen molar-refractivity contribution in [3.8, 4) is 0 Å². The number of rotatable bonds is 1. The number of hydrogen-bond acceptors (Lipinski definition) is 2. The Morgan fingerprint density at radius 2 is 2.50 bits per heavy atom. The zero-order chi connectivity index (χ0) is 7.14. The van der Waals surface area contributed by atoms with Crippen LogP contribution >= 0.6 is 0 Å². The second kappa shape index (κ2) is 1.83. The van der Waals surface area contributed by atoms with Crippen molar-refractivity contribution in [2.24, 2.45) is 12.8 Å². The maximum absolute atomic E-state index is 5.69. The number of nitrogens with two attached hydrogens (primary N) is 1. The largest absolute Gasteiger partial charge is 0.327 e. The molecule has 0 aromatic carbocycles. The molecule has 1 aromatic heterocycles. The highest BCUT2D eigenvalue weighted by atomic mass is 15.3. The third-order valence-corrected chi connectivity index (χ3v) is 2.08. The molecule has 2 N–H and O–H groups in total. The summed E-state index contributed by atoms with van der Waals surface area (Å²) in [5, 5.41) is 4.07. The van der Waals surface area contributed by atoms with Gasteiger partial charge in [0.2, 0.25) is 0 Å². The van der Waals surface area contributed by atoms with Gasteiger partial charge in [0.1, 0.15) is 0 Å². The van der Waals surface area contributed by atoms with Crippen molar-refractivity contribution in [3.63, 3.8) is 0 Å². The first-order valence-electron chi connectivity index (χ1n) is 3.52. The minimum Gasteiger partial charge on any atom is -0.327 e. The van der Waals surface area contributed by atoms with Crippen LogP contribution in [0.25, 0.3) is 0 Å². The van der Waals surface area contributed by atoms with Crippen LogP contribution in [-0.4, -0.2) is 15.8 Å².